The van der Waals surface area contributed by atoms with Crippen molar-refractivity contribution >= 4 is 5.97 Å². The lowest BCUT2D eigenvalue weighted by Gasteiger charge is -2.26. The number of carboxylic acid groups (broad SMARTS) is 1. The van der Waals surface area contributed by atoms with Gasteiger partial charge in [-0.05, 0) is 20.3 Å². The lowest BCUT2D eigenvalue weighted by atomic mass is 10.0. The molecule has 0 heterocycles. The maximum Gasteiger partial charge on any atom is 0.323 e. The largest absolute Gasteiger partial charge is 0.480 e. The van der Waals surface area contributed by atoms with Crippen molar-refractivity contribution in [2.45, 2.75) is 38.8 Å². The van der Waals surface area contributed by atoms with Gasteiger partial charge in [0.1, 0.15) is 5.54 Å². The van der Waals surface area contributed by atoms with Crippen molar-refractivity contribution in [3.63, 3.8) is 0 Å². The van der Waals surface area contributed by atoms with Crippen LogP contribution in [0.25, 0.3) is 0 Å². The number of carboxylic acids is 1. The molecule has 0 spiro atoms. The Morgan fingerprint density at radius 1 is 1.58 bits per heavy atom. The SMILES string of the molecule is CCC(CO)NC(C)(C)C(=O)O. The summed E-state index contributed by atoms with van der Waals surface area (Å²) in [6, 6.07) is -0.143. The summed E-state index contributed by atoms with van der Waals surface area (Å²) in [4.78, 5) is 10.6. The zero-order chi connectivity index (χ0) is 9.78. The van der Waals surface area contributed by atoms with E-state index in [4.69, 9.17) is 10.2 Å². The van der Waals surface area contributed by atoms with Crippen molar-refractivity contribution in [2.24, 2.45) is 0 Å². The molecule has 0 saturated heterocycles. The summed E-state index contributed by atoms with van der Waals surface area (Å²) in [6.07, 6.45) is 0.715. The molecular formula is C8H17NO3. The van der Waals surface area contributed by atoms with E-state index < -0.39 is 11.5 Å². The van der Waals surface area contributed by atoms with E-state index in [9.17, 15) is 4.79 Å². The lowest BCUT2D eigenvalue weighted by Crippen LogP contribution is -2.52. The number of aliphatic hydroxyl groups is 1. The van der Waals surface area contributed by atoms with Crippen molar-refractivity contribution in [1.29, 1.82) is 0 Å². The van der Waals surface area contributed by atoms with Crippen molar-refractivity contribution in [2.75, 3.05) is 6.61 Å². The van der Waals surface area contributed by atoms with Crippen LogP contribution < -0.4 is 5.32 Å². The molecule has 1 atom stereocenters. The first-order valence-electron chi connectivity index (χ1n) is 4.06. The molecule has 0 saturated carbocycles. The van der Waals surface area contributed by atoms with Crippen molar-refractivity contribution in [1.82, 2.24) is 5.32 Å². The molecular weight excluding hydrogens is 158 g/mol. The second-order valence-electron chi connectivity index (χ2n) is 3.36. The maximum absolute atomic E-state index is 10.6. The summed E-state index contributed by atoms with van der Waals surface area (Å²) in [5.41, 5.74) is -0.969. The van der Waals surface area contributed by atoms with Gasteiger partial charge in [-0.25, -0.2) is 0 Å². The van der Waals surface area contributed by atoms with Crippen LogP contribution in [0.15, 0.2) is 0 Å². The fourth-order valence-corrected chi connectivity index (χ4v) is 0.849. The Balaban J connectivity index is 4.12. The van der Waals surface area contributed by atoms with Gasteiger partial charge in [0.15, 0.2) is 0 Å². The van der Waals surface area contributed by atoms with Crippen molar-refractivity contribution in [3.8, 4) is 0 Å². The average Bonchev–Trinajstić information content (AvgIpc) is 2.00. The summed E-state index contributed by atoms with van der Waals surface area (Å²) in [5.74, 6) is -0.908. The number of aliphatic hydroxyl groups excluding tert-OH is 1. The molecule has 4 nitrogen and oxygen atoms in total. The highest BCUT2D eigenvalue weighted by Crippen LogP contribution is 2.05. The number of rotatable bonds is 5. The van der Waals surface area contributed by atoms with E-state index >= 15 is 0 Å². The van der Waals surface area contributed by atoms with E-state index in [0.29, 0.717) is 6.42 Å². The second-order valence-corrected chi connectivity index (χ2v) is 3.36. The van der Waals surface area contributed by atoms with Crippen LogP contribution in [0.2, 0.25) is 0 Å². The smallest absolute Gasteiger partial charge is 0.323 e. The van der Waals surface area contributed by atoms with E-state index in [1.54, 1.807) is 13.8 Å². The van der Waals surface area contributed by atoms with Crippen LogP contribution in [0, 0.1) is 0 Å². The molecule has 0 aromatic heterocycles. The molecule has 4 heteroatoms. The summed E-state index contributed by atoms with van der Waals surface area (Å²) < 4.78 is 0. The van der Waals surface area contributed by atoms with Crippen LogP contribution >= 0.6 is 0 Å². The van der Waals surface area contributed by atoms with Crippen LogP contribution in [0.4, 0.5) is 0 Å². The number of carbonyl (C=O) groups is 1. The second kappa shape index (κ2) is 4.42. The molecule has 0 aliphatic rings. The van der Waals surface area contributed by atoms with Crippen LogP contribution in [0.1, 0.15) is 27.2 Å². The highest BCUT2D eigenvalue weighted by atomic mass is 16.4. The van der Waals surface area contributed by atoms with Gasteiger partial charge in [-0.15, -0.1) is 0 Å². The third-order valence-electron chi connectivity index (χ3n) is 1.81. The van der Waals surface area contributed by atoms with E-state index in [2.05, 4.69) is 5.32 Å². The average molecular weight is 175 g/mol. The molecule has 0 aliphatic heterocycles. The molecule has 0 amide bonds. The van der Waals surface area contributed by atoms with Gasteiger partial charge in [-0.2, -0.15) is 0 Å². The van der Waals surface area contributed by atoms with Gasteiger partial charge in [0.05, 0.1) is 6.61 Å². The van der Waals surface area contributed by atoms with Crippen molar-refractivity contribution in [3.05, 3.63) is 0 Å². The minimum Gasteiger partial charge on any atom is -0.480 e. The molecule has 12 heavy (non-hydrogen) atoms. The highest BCUT2D eigenvalue weighted by molar-refractivity contribution is 5.77. The normalized spacial score (nSPS) is 14.3. The molecule has 0 aromatic rings. The zero-order valence-corrected chi connectivity index (χ0v) is 7.79. The Morgan fingerprint density at radius 2 is 2.08 bits per heavy atom. The fourth-order valence-electron chi connectivity index (χ4n) is 0.849. The van der Waals surface area contributed by atoms with Crippen LogP contribution in [0.3, 0.4) is 0 Å². The van der Waals surface area contributed by atoms with Crippen LogP contribution in [-0.2, 0) is 4.79 Å². The van der Waals surface area contributed by atoms with Gasteiger partial charge in [-0.3, -0.25) is 10.1 Å². The minimum absolute atomic E-state index is 0.0345. The Kier molecular flexibility index (Phi) is 4.20. The quantitative estimate of drug-likeness (QED) is 0.558. The van der Waals surface area contributed by atoms with Gasteiger partial charge >= 0.3 is 5.97 Å². The predicted octanol–water partition coefficient (Wildman–Crippen LogP) is 0.210. The number of nitrogens with one attached hydrogen (secondary N) is 1. The van der Waals surface area contributed by atoms with E-state index in [1.165, 1.54) is 0 Å². The third-order valence-corrected chi connectivity index (χ3v) is 1.81. The zero-order valence-electron chi connectivity index (χ0n) is 7.79. The first-order valence-corrected chi connectivity index (χ1v) is 4.06. The molecule has 3 N–H and O–H groups in total. The van der Waals surface area contributed by atoms with E-state index in [0.717, 1.165) is 0 Å². The Bertz CT molecular complexity index is 152. The summed E-state index contributed by atoms with van der Waals surface area (Å²) >= 11 is 0. The Labute approximate surface area is 72.6 Å². The van der Waals surface area contributed by atoms with Gasteiger partial charge in [0.25, 0.3) is 0 Å². The standard InChI is InChI=1S/C8H17NO3/c1-4-6(5-10)9-8(2,3)7(11)12/h6,9-10H,4-5H2,1-3H3,(H,11,12). The predicted molar refractivity (Wildman–Crippen MR) is 46.0 cm³/mol. The summed E-state index contributed by atoms with van der Waals surface area (Å²) in [7, 11) is 0. The molecule has 0 bridgehead atoms. The van der Waals surface area contributed by atoms with E-state index in [-0.39, 0.29) is 12.6 Å². The first-order chi connectivity index (χ1) is 5.44. The highest BCUT2D eigenvalue weighted by Gasteiger charge is 2.28. The topological polar surface area (TPSA) is 69.6 Å². The number of aliphatic carboxylic acids is 1. The Hall–Kier alpha value is -0.610. The Morgan fingerprint density at radius 3 is 2.33 bits per heavy atom. The molecule has 1 unspecified atom stereocenters. The van der Waals surface area contributed by atoms with Crippen molar-refractivity contribution < 1.29 is 15.0 Å². The number of hydrogen-bond acceptors (Lipinski definition) is 3. The maximum atomic E-state index is 10.6. The molecule has 72 valence electrons. The van der Waals surface area contributed by atoms with Gasteiger partial charge in [0, 0.05) is 6.04 Å². The van der Waals surface area contributed by atoms with E-state index in [1.807, 2.05) is 6.92 Å². The van der Waals surface area contributed by atoms with Gasteiger partial charge in [0.2, 0.25) is 0 Å². The molecule has 0 radical (unpaired) electrons. The van der Waals surface area contributed by atoms with Gasteiger partial charge in [-0.1, -0.05) is 6.92 Å². The monoisotopic (exact) mass is 175 g/mol. The van der Waals surface area contributed by atoms with Crippen LogP contribution in [0.5, 0.6) is 0 Å². The van der Waals surface area contributed by atoms with Crippen LogP contribution in [-0.4, -0.2) is 34.4 Å². The fraction of sp³-hybridized carbons (Fsp3) is 0.875. The minimum atomic E-state index is -0.969. The number of hydrogen-bond donors (Lipinski definition) is 3. The molecule has 0 aliphatic carbocycles. The third kappa shape index (κ3) is 3.19. The molecule has 0 rings (SSSR count). The summed E-state index contributed by atoms with van der Waals surface area (Å²) in [5, 5.41) is 20.4. The summed E-state index contributed by atoms with van der Waals surface area (Å²) in [6.45, 7) is 5.01. The molecule has 0 fully saturated rings. The molecule has 0 aromatic carbocycles. The lowest BCUT2D eigenvalue weighted by molar-refractivity contribution is -0.143. The van der Waals surface area contributed by atoms with Gasteiger partial charge < -0.3 is 10.2 Å². The first kappa shape index (κ1) is 11.4.